The van der Waals surface area contributed by atoms with E-state index in [1.165, 1.54) is 5.57 Å². The van der Waals surface area contributed by atoms with Gasteiger partial charge >= 0.3 is 5.97 Å². The standard InChI is InChI=1S/C23H36O5/c1-8-15(3)21(26)17(5)22(27)23(6,7)19(24)13-20(25)28-18-12-10-14(2)9-11-16(18)4/h8,10-11,15,17-19,21,24,26H,1,9,12-13H2,2-7H3/t15?,17?,18?,19-,21?/m0/s1. The second-order valence-corrected chi connectivity index (χ2v) is 8.60. The number of hydrogen-bond acceptors (Lipinski definition) is 5. The molecule has 0 fully saturated rings. The molecule has 0 aromatic rings. The summed E-state index contributed by atoms with van der Waals surface area (Å²) in [7, 11) is 0. The first-order chi connectivity index (χ1) is 12.9. The summed E-state index contributed by atoms with van der Waals surface area (Å²) in [5.41, 5.74) is 1.03. The fourth-order valence-corrected chi connectivity index (χ4v) is 3.29. The number of rotatable bonds is 9. The summed E-state index contributed by atoms with van der Waals surface area (Å²) in [4.78, 5) is 25.2. The van der Waals surface area contributed by atoms with E-state index in [-0.39, 0.29) is 24.2 Å². The van der Waals surface area contributed by atoms with Crippen LogP contribution in [0.3, 0.4) is 0 Å². The number of Topliss-reactive ketones (excluding diaryl/α,β-unsaturated/α-hetero) is 1. The number of aliphatic hydroxyl groups excluding tert-OH is 2. The van der Waals surface area contributed by atoms with Crippen LogP contribution in [0.5, 0.6) is 0 Å². The van der Waals surface area contributed by atoms with E-state index in [9.17, 15) is 19.8 Å². The quantitative estimate of drug-likeness (QED) is 0.461. The van der Waals surface area contributed by atoms with Crippen molar-refractivity contribution in [2.75, 3.05) is 0 Å². The van der Waals surface area contributed by atoms with Crippen LogP contribution >= 0.6 is 0 Å². The second-order valence-electron chi connectivity index (χ2n) is 8.60. The summed E-state index contributed by atoms with van der Waals surface area (Å²) in [5, 5.41) is 20.9. The molecule has 28 heavy (non-hydrogen) atoms. The van der Waals surface area contributed by atoms with Crippen LogP contribution in [0.4, 0.5) is 0 Å². The third-order valence-electron chi connectivity index (χ3n) is 5.87. The van der Waals surface area contributed by atoms with Crippen LogP contribution in [0, 0.1) is 17.3 Å². The van der Waals surface area contributed by atoms with Crippen molar-refractivity contribution in [3.63, 3.8) is 0 Å². The van der Waals surface area contributed by atoms with Crippen LogP contribution in [-0.2, 0) is 14.3 Å². The first-order valence-electron chi connectivity index (χ1n) is 9.96. The van der Waals surface area contributed by atoms with Crippen LogP contribution in [0.2, 0.25) is 0 Å². The molecule has 5 atom stereocenters. The Labute approximate surface area is 169 Å². The summed E-state index contributed by atoms with van der Waals surface area (Å²) in [6.45, 7) is 14.2. The lowest BCUT2D eigenvalue weighted by Crippen LogP contribution is -2.45. The highest BCUT2D eigenvalue weighted by Gasteiger charge is 2.42. The number of esters is 1. The molecule has 0 bridgehead atoms. The van der Waals surface area contributed by atoms with Gasteiger partial charge in [0.05, 0.1) is 24.0 Å². The van der Waals surface area contributed by atoms with Gasteiger partial charge in [-0.05, 0) is 25.8 Å². The number of ketones is 1. The molecule has 0 aliphatic heterocycles. The lowest BCUT2D eigenvalue weighted by Gasteiger charge is -2.33. The van der Waals surface area contributed by atoms with Crippen LogP contribution in [-0.4, -0.2) is 40.3 Å². The molecule has 2 N–H and O–H groups in total. The van der Waals surface area contributed by atoms with Gasteiger partial charge in [0.1, 0.15) is 11.9 Å². The molecule has 4 unspecified atom stereocenters. The van der Waals surface area contributed by atoms with Crippen molar-refractivity contribution >= 4 is 11.8 Å². The largest absolute Gasteiger partial charge is 0.457 e. The maximum Gasteiger partial charge on any atom is 0.309 e. The number of hydrogen-bond donors (Lipinski definition) is 2. The van der Waals surface area contributed by atoms with E-state index in [1.807, 2.05) is 19.9 Å². The molecule has 0 amide bonds. The molecule has 5 heteroatoms. The Morgan fingerprint density at radius 1 is 1.29 bits per heavy atom. The summed E-state index contributed by atoms with van der Waals surface area (Å²) >= 11 is 0. The fourth-order valence-electron chi connectivity index (χ4n) is 3.29. The van der Waals surface area contributed by atoms with E-state index in [1.54, 1.807) is 33.8 Å². The Kier molecular flexibility index (Phi) is 8.83. The second kappa shape index (κ2) is 10.2. The highest BCUT2D eigenvalue weighted by atomic mass is 16.5. The van der Waals surface area contributed by atoms with Gasteiger partial charge in [-0.2, -0.15) is 0 Å². The minimum absolute atomic E-state index is 0.252. The van der Waals surface area contributed by atoms with E-state index in [0.717, 1.165) is 12.0 Å². The molecule has 0 radical (unpaired) electrons. The van der Waals surface area contributed by atoms with Gasteiger partial charge in [0.2, 0.25) is 0 Å². The van der Waals surface area contributed by atoms with E-state index in [4.69, 9.17) is 4.74 Å². The van der Waals surface area contributed by atoms with E-state index in [2.05, 4.69) is 12.7 Å². The van der Waals surface area contributed by atoms with Crippen molar-refractivity contribution in [2.24, 2.45) is 17.3 Å². The summed E-state index contributed by atoms with van der Waals surface area (Å²) in [6.07, 6.45) is 4.44. The molecule has 0 saturated heterocycles. The van der Waals surface area contributed by atoms with Crippen molar-refractivity contribution in [3.05, 3.63) is 36.0 Å². The van der Waals surface area contributed by atoms with Crippen molar-refractivity contribution in [3.8, 4) is 0 Å². The fraction of sp³-hybridized carbons (Fsp3) is 0.652. The number of aliphatic hydroxyl groups is 2. The molecule has 0 saturated carbocycles. The van der Waals surface area contributed by atoms with Gasteiger partial charge in [0, 0.05) is 18.3 Å². The van der Waals surface area contributed by atoms with Crippen molar-refractivity contribution < 1.29 is 24.5 Å². The first kappa shape index (κ1) is 24.3. The zero-order valence-corrected chi connectivity index (χ0v) is 18.1. The van der Waals surface area contributed by atoms with Crippen LogP contribution in [0.1, 0.15) is 60.8 Å². The lowest BCUT2D eigenvalue weighted by molar-refractivity contribution is -0.154. The van der Waals surface area contributed by atoms with E-state index in [0.29, 0.717) is 6.42 Å². The Bertz CT molecular complexity index is 643. The van der Waals surface area contributed by atoms with Crippen LogP contribution in [0.25, 0.3) is 0 Å². The van der Waals surface area contributed by atoms with E-state index >= 15 is 0 Å². The van der Waals surface area contributed by atoms with Gasteiger partial charge in [0.25, 0.3) is 0 Å². The van der Waals surface area contributed by atoms with Gasteiger partial charge in [-0.25, -0.2) is 0 Å². The maximum absolute atomic E-state index is 12.8. The summed E-state index contributed by atoms with van der Waals surface area (Å²) in [5.74, 6) is -1.77. The first-order valence-corrected chi connectivity index (χ1v) is 9.96. The Hall–Kier alpha value is -1.72. The number of carbonyl (C=O) groups excluding carboxylic acids is 2. The minimum Gasteiger partial charge on any atom is -0.457 e. The van der Waals surface area contributed by atoms with Gasteiger partial charge in [-0.15, -0.1) is 6.58 Å². The lowest BCUT2D eigenvalue weighted by atomic mass is 9.73. The Balaban J connectivity index is 2.76. The molecule has 5 nitrogen and oxygen atoms in total. The smallest absolute Gasteiger partial charge is 0.309 e. The molecule has 0 spiro atoms. The Morgan fingerprint density at radius 2 is 1.89 bits per heavy atom. The van der Waals surface area contributed by atoms with Crippen molar-refractivity contribution in [1.82, 2.24) is 0 Å². The van der Waals surface area contributed by atoms with Crippen LogP contribution in [0.15, 0.2) is 36.0 Å². The average Bonchev–Trinajstić information content (AvgIpc) is 2.80. The monoisotopic (exact) mass is 392 g/mol. The van der Waals surface area contributed by atoms with Gasteiger partial charge in [-0.3, -0.25) is 9.59 Å². The highest BCUT2D eigenvalue weighted by molar-refractivity contribution is 5.88. The Morgan fingerprint density at radius 3 is 2.46 bits per heavy atom. The van der Waals surface area contributed by atoms with Crippen molar-refractivity contribution in [2.45, 2.75) is 79.1 Å². The SMILES string of the molecule is C=CC(C)C(O)C(C)C(=O)C(C)(C)[C@@H](O)CC(=O)OC1CC=C(C)CC=C1C. The van der Waals surface area contributed by atoms with Gasteiger partial charge in [-0.1, -0.05) is 51.5 Å². The highest BCUT2D eigenvalue weighted by Crippen LogP contribution is 2.31. The molecule has 0 aromatic heterocycles. The molecular weight excluding hydrogens is 356 g/mol. The van der Waals surface area contributed by atoms with Crippen LogP contribution < -0.4 is 0 Å². The molecule has 0 heterocycles. The molecule has 1 aliphatic rings. The molecular formula is C23H36O5. The zero-order valence-electron chi connectivity index (χ0n) is 18.1. The minimum atomic E-state index is -1.20. The molecule has 0 aromatic carbocycles. The predicted molar refractivity (Wildman–Crippen MR) is 111 cm³/mol. The van der Waals surface area contributed by atoms with E-state index < -0.39 is 29.5 Å². The van der Waals surface area contributed by atoms with Gasteiger partial charge in [0.15, 0.2) is 0 Å². The summed E-state index contributed by atoms with van der Waals surface area (Å²) < 4.78 is 5.56. The van der Waals surface area contributed by atoms with Crippen molar-refractivity contribution in [1.29, 1.82) is 0 Å². The number of allylic oxidation sites excluding steroid dienone is 2. The summed E-state index contributed by atoms with van der Waals surface area (Å²) in [6, 6.07) is 0. The third-order valence-corrected chi connectivity index (χ3v) is 5.87. The number of ether oxygens (including phenoxy) is 1. The number of carbonyl (C=O) groups is 2. The molecule has 158 valence electrons. The maximum atomic E-state index is 12.8. The topological polar surface area (TPSA) is 83.8 Å². The third kappa shape index (κ3) is 6.14. The van der Waals surface area contributed by atoms with Gasteiger partial charge < -0.3 is 14.9 Å². The predicted octanol–water partition coefficient (Wildman–Crippen LogP) is 3.75. The zero-order chi connectivity index (χ0) is 21.6. The molecule has 1 rings (SSSR count). The normalized spacial score (nSPS) is 22.1. The average molecular weight is 393 g/mol. The molecule has 1 aliphatic carbocycles.